The number of rotatable bonds is 2. The molecule has 0 heterocycles. The second-order valence-electron chi connectivity index (χ2n) is 5.36. The molecule has 0 bridgehead atoms. The summed E-state index contributed by atoms with van der Waals surface area (Å²) in [6, 6.07) is 24.3. The van der Waals surface area contributed by atoms with Gasteiger partial charge in [0.05, 0.1) is 8.07 Å². The summed E-state index contributed by atoms with van der Waals surface area (Å²) in [4.78, 5) is 0. The van der Waals surface area contributed by atoms with Gasteiger partial charge in [0.15, 0.2) is 0 Å². The third-order valence-corrected chi connectivity index (χ3v) is 7.34. The van der Waals surface area contributed by atoms with Crippen molar-refractivity contribution in [3.05, 3.63) is 66.7 Å². The molecule has 0 radical (unpaired) electrons. The Morgan fingerprint density at radius 1 is 0.773 bits per heavy atom. The van der Waals surface area contributed by atoms with E-state index in [9.17, 15) is 0 Å². The van der Waals surface area contributed by atoms with Crippen LogP contribution in [-0.2, 0) is 21.7 Å². The predicted octanol–water partition coefficient (Wildman–Crippen LogP) is -5.61. The van der Waals surface area contributed by atoms with E-state index >= 15 is 0 Å². The first kappa shape index (κ1) is 24.1. The minimum Gasteiger partial charge on any atom is -1.00 e. The van der Waals surface area contributed by atoms with Gasteiger partial charge in [0.1, 0.15) is 0 Å². The van der Waals surface area contributed by atoms with E-state index in [1.807, 2.05) is 0 Å². The van der Waals surface area contributed by atoms with E-state index in [-0.39, 0.29) is 58.9 Å². The summed E-state index contributed by atoms with van der Waals surface area (Å²) in [7, 11) is -1.54. The molecule has 0 nitrogen and oxygen atoms in total. The van der Waals surface area contributed by atoms with E-state index in [1.165, 1.54) is 21.1 Å². The Hall–Kier alpha value is -0.149. The molecule has 0 fully saturated rings. The molecule has 0 aliphatic heterocycles. The van der Waals surface area contributed by atoms with Crippen LogP contribution in [0.15, 0.2) is 66.7 Å². The Balaban J connectivity index is 0. The maximum absolute atomic E-state index is 2.43. The van der Waals surface area contributed by atoms with Crippen LogP contribution in [0, 0.1) is 0 Å². The van der Waals surface area contributed by atoms with Crippen molar-refractivity contribution in [2.45, 2.75) is 13.1 Å². The first-order valence-electron chi connectivity index (χ1n) is 6.39. The van der Waals surface area contributed by atoms with Crippen LogP contribution < -0.4 is 47.6 Å². The van der Waals surface area contributed by atoms with Crippen LogP contribution in [0.25, 0.3) is 10.8 Å². The summed E-state index contributed by atoms with van der Waals surface area (Å²) in [5.74, 6) is 0. The van der Waals surface area contributed by atoms with Crippen molar-refractivity contribution >= 4 is 29.2 Å². The number of halogens is 3. The van der Waals surface area contributed by atoms with E-state index in [0.717, 1.165) is 0 Å². The molecule has 0 aliphatic rings. The first-order chi connectivity index (χ1) is 8.68. The summed E-state index contributed by atoms with van der Waals surface area (Å²) in [5.41, 5.74) is 0. The minimum atomic E-state index is -1.54. The van der Waals surface area contributed by atoms with Crippen molar-refractivity contribution in [3.63, 3.8) is 0 Å². The normalized spacial score (nSPS) is 9.73. The first-order valence-corrected chi connectivity index (χ1v) is 9.39. The molecule has 0 spiro atoms. The van der Waals surface area contributed by atoms with Crippen molar-refractivity contribution in [1.29, 1.82) is 0 Å². The number of hydrogen-bond acceptors (Lipinski definition) is 0. The SMILES string of the molecule is C[Si](C)(c1ccccc1)c1cc2ccccc2[cH-]1.[Cl-].[Cl-].[Cl-].[Ti+4]. The standard InChI is InChI=1S/C17H17Si.3ClH.Ti/c1-18(2,16-10-4-3-5-11-16)17-12-14-8-6-7-9-15(14)13-17;;;;/h3-13H,1-2H3;3*1H;/q-1;;;;+4/p-3. The fourth-order valence-electron chi connectivity index (χ4n) is 2.53. The van der Waals surface area contributed by atoms with Crippen LogP contribution in [0.3, 0.4) is 0 Å². The Morgan fingerprint density at radius 3 is 1.91 bits per heavy atom. The van der Waals surface area contributed by atoms with Crippen LogP contribution in [0.5, 0.6) is 0 Å². The second kappa shape index (κ2) is 9.87. The Bertz CT molecular complexity index is 647. The van der Waals surface area contributed by atoms with Crippen molar-refractivity contribution in [2.75, 3.05) is 0 Å². The zero-order valence-electron chi connectivity index (χ0n) is 12.5. The molecule has 5 heteroatoms. The Kier molecular flexibility index (Phi) is 10.8. The Labute approximate surface area is 167 Å². The molecule has 3 aromatic carbocycles. The molecule has 0 N–H and O–H groups in total. The van der Waals surface area contributed by atoms with Crippen molar-refractivity contribution in [1.82, 2.24) is 0 Å². The maximum Gasteiger partial charge on any atom is 4.00 e. The summed E-state index contributed by atoms with van der Waals surface area (Å²) < 4.78 is 0. The summed E-state index contributed by atoms with van der Waals surface area (Å²) in [5, 5.41) is 5.75. The molecule has 0 unspecified atom stereocenters. The predicted molar refractivity (Wildman–Crippen MR) is 82.7 cm³/mol. The molecular formula is C17H17Cl3SiTi. The fourth-order valence-corrected chi connectivity index (χ4v) is 4.92. The number of fused-ring (bicyclic) bond motifs is 1. The third kappa shape index (κ3) is 4.67. The molecule has 3 rings (SSSR count). The van der Waals surface area contributed by atoms with Gasteiger partial charge in [0.25, 0.3) is 0 Å². The molecule has 0 amide bonds. The second-order valence-corrected chi connectivity index (χ2v) is 9.77. The average molecular weight is 404 g/mol. The molecule has 0 atom stereocenters. The van der Waals surface area contributed by atoms with E-state index in [2.05, 4.69) is 79.8 Å². The summed E-state index contributed by atoms with van der Waals surface area (Å²) >= 11 is 0. The summed E-state index contributed by atoms with van der Waals surface area (Å²) in [6.45, 7) is 4.85. The van der Waals surface area contributed by atoms with Crippen molar-refractivity contribution < 1.29 is 58.9 Å². The van der Waals surface area contributed by atoms with Gasteiger partial charge >= 0.3 is 21.7 Å². The number of hydrogen-bond donors (Lipinski definition) is 0. The Morgan fingerprint density at radius 2 is 1.32 bits per heavy atom. The van der Waals surface area contributed by atoms with Gasteiger partial charge in [0, 0.05) is 0 Å². The minimum absolute atomic E-state index is 0. The monoisotopic (exact) mass is 402 g/mol. The molecular weight excluding hydrogens is 386 g/mol. The molecule has 0 saturated heterocycles. The molecule has 3 aromatic rings. The quantitative estimate of drug-likeness (QED) is 0.296. The van der Waals surface area contributed by atoms with Crippen LogP contribution in [0.2, 0.25) is 13.1 Å². The molecule has 0 aromatic heterocycles. The van der Waals surface area contributed by atoms with Gasteiger partial charge in [-0.15, -0.1) is 34.8 Å². The van der Waals surface area contributed by atoms with E-state index in [0.29, 0.717) is 0 Å². The summed E-state index contributed by atoms with van der Waals surface area (Å²) in [6.07, 6.45) is 0. The van der Waals surface area contributed by atoms with Gasteiger partial charge in [-0.3, -0.25) is 0 Å². The average Bonchev–Trinajstić information content (AvgIpc) is 2.84. The fraction of sp³-hybridized carbons (Fsp3) is 0.118. The van der Waals surface area contributed by atoms with Crippen molar-refractivity contribution in [3.8, 4) is 0 Å². The van der Waals surface area contributed by atoms with Gasteiger partial charge < -0.3 is 37.2 Å². The maximum atomic E-state index is 2.43. The molecule has 0 aliphatic carbocycles. The van der Waals surface area contributed by atoms with Gasteiger partial charge in [-0.1, -0.05) is 54.7 Å². The molecule has 0 saturated carbocycles. The largest absolute Gasteiger partial charge is 4.00 e. The van der Waals surface area contributed by atoms with Gasteiger partial charge in [0.2, 0.25) is 0 Å². The molecule has 114 valence electrons. The van der Waals surface area contributed by atoms with Gasteiger partial charge in [-0.05, 0) is 0 Å². The third-order valence-electron chi connectivity index (χ3n) is 3.84. The van der Waals surface area contributed by atoms with Gasteiger partial charge in [-0.2, -0.15) is 11.5 Å². The van der Waals surface area contributed by atoms with Crippen LogP contribution in [0.1, 0.15) is 0 Å². The van der Waals surface area contributed by atoms with Crippen LogP contribution >= 0.6 is 0 Å². The number of benzene rings is 2. The zero-order valence-corrected chi connectivity index (χ0v) is 17.3. The zero-order chi connectivity index (χ0) is 12.6. The molecule has 22 heavy (non-hydrogen) atoms. The van der Waals surface area contributed by atoms with E-state index in [4.69, 9.17) is 0 Å². The van der Waals surface area contributed by atoms with E-state index in [1.54, 1.807) is 0 Å². The van der Waals surface area contributed by atoms with Crippen LogP contribution in [-0.4, -0.2) is 8.07 Å². The van der Waals surface area contributed by atoms with Crippen LogP contribution in [0.4, 0.5) is 0 Å². The smallest absolute Gasteiger partial charge is 1.00 e. The van der Waals surface area contributed by atoms with Crippen molar-refractivity contribution in [2.24, 2.45) is 0 Å². The van der Waals surface area contributed by atoms with Gasteiger partial charge in [-0.25, -0.2) is 0 Å². The van der Waals surface area contributed by atoms with E-state index < -0.39 is 8.07 Å². The topological polar surface area (TPSA) is 0 Å².